The molecule has 3 amide bonds. The largest absolute Gasteiger partial charge is 0.479 e. The molecule has 0 saturated heterocycles. The lowest BCUT2D eigenvalue weighted by Crippen LogP contribution is -2.36. The molecule has 2 heterocycles. The van der Waals surface area contributed by atoms with Crippen LogP contribution in [0.4, 0.5) is 27.5 Å². The second-order valence-corrected chi connectivity index (χ2v) is 6.86. The van der Waals surface area contributed by atoms with E-state index in [1.165, 1.54) is 13.4 Å². The van der Waals surface area contributed by atoms with E-state index in [-0.39, 0.29) is 29.7 Å². The number of thiazole rings is 1. The molecule has 0 aliphatic carbocycles. The van der Waals surface area contributed by atoms with Crippen LogP contribution >= 0.6 is 11.3 Å². The maximum absolute atomic E-state index is 13.3. The zero-order valence-corrected chi connectivity index (χ0v) is 16.5. The third-order valence-corrected chi connectivity index (χ3v) is 4.68. The fraction of sp³-hybridized carbons (Fsp3) is 0.235. The van der Waals surface area contributed by atoms with Crippen LogP contribution in [0.15, 0.2) is 24.5 Å². The van der Waals surface area contributed by atoms with Gasteiger partial charge in [-0.15, -0.1) is 0 Å². The Bertz CT molecular complexity index is 1120. The highest BCUT2D eigenvalue weighted by Crippen LogP contribution is 2.32. The summed E-state index contributed by atoms with van der Waals surface area (Å²) >= 11 is 1.09. The highest BCUT2D eigenvalue weighted by atomic mass is 32.1. The molecule has 0 saturated carbocycles. The summed E-state index contributed by atoms with van der Waals surface area (Å²) in [5, 5.41) is 7.51. The predicted molar refractivity (Wildman–Crippen MR) is 103 cm³/mol. The van der Waals surface area contributed by atoms with Crippen molar-refractivity contribution >= 4 is 38.8 Å². The number of carbonyl (C=O) groups is 2. The highest BCUT2D eigenvalue weighted by molar-refractivity contribution is 7.22. The topological polar surface area (TPSA) is 118 Å². The third kappa shape index (κ3) is 5.33. The van der Waals surface area contributed by atoms with Crippen molar-refractivity contribution < 1.29 is 31.9 Å². The van der Waals surface area contributed by atoms with Crippen molar-refractivity contribution in [3.8, 4) is 5.88 Å². The van der Waals surface area contributed by atoms with Crippen LogP contribution in [0.25, 0.3) is 10.3 Å². The summed E-state index contributed by atoms with van der Waals surface area (Å²) in [6, 6.07) is 1.31. The third-order valence-electron chi connectivity index (χ3n) is 3.81. The van der Waals surface area contributed by atoms with E-state index in [9.17, 15) is 27.2 Å². The fourth-order valence-electron chi connectivity index (χ4n) is 2.42. The van der Waals surface area contributed by atoms with Gasteiger partial charge in [-0.3, -0.25) is 10.1 Å². The lowest BCUT2D eigenvalue weighted by Gasteiger charge is -2.11. The Hall–Kier alpha value is -3.55. The van der Waals surface area contributed by atoms with Crippen LogP contribution < -0.4 is 20.7 Å². The zero-order valence-electron chi connectivity index (χ0n) is 15.7. The second-order valence-electron chi connectivity index (χ2n) is 5.88. The number of nitrogens with zero attached hydrogens (tertiary/aromatic N) is 3. The Labute approximate surface area is 175 Å². The highest BCUT2D eigenvalue weighted by Gasteiger charge is 2.34. The van der Waals surface area contributed by atoms with Gasteiger partial charge in [0, 0.05) is 18.7 Å². The molecule has 164 valence electrons. The number of amides is 3. The van der Waals surface area contributed by atoms with E-state index in [0.717, 1.165) is 17.4 Å². The normalized spacial score (nSPS) is 11.3. The van der Waals surface area contributed by atoms with Gasteiger partial charge in [-0.05, 0) is 18.2 Å². The minimum Gasteiger partial charge on any atom is -0.479 e. The van der Waals surface area contributed by atoms with Crippen molar-refractivity contribution in [2.45, 2.75) is 6.18 Å². The molecule has 9 nitrogen and oxygen atoms in total. The van der Waals surface area contributed by atoms with E-state index in [1.54, 1.807) is 0 Å². The first-order chi connectivity index (χ1) is 14.7. The van der Waals surface area contributed by atoms with Gasteiger partial charge < -0.3 is 15.4 Å². The van der Waals surface area contributed by atoms with Crippen molar-refractivity contribution in [2.75, 3.05) is 25.5 Å². The molecule has 0 atom stereocenters. The number of carbonyl (C=O) groups excluding carboxylic acids is 2. The number of ether oxygens (including phenoxy) is 1. The first kappa shape index (κ1) is 22.1. The number of methoxy groups -OCH3 is 1. The first-order valence-electron chi connectivity index (χ1n) is 8.54. The molecular weight excluding hydrogens is 444 g/mol. The van der Waals surface area contributed by atoms with Crippen LogP contribution in [-0.4, -0.2) is 47.1 Å². The van der Waals surface area contributed by atoms with Crippen LogP contribution in [0.5, 0.6) is 5.88 Å². The molecule has 0 spiro atoms. The lowest BCUT2D eigenvalue weighted by molar-refractivity contribution is -0.140. The average molecular weight is 458 g/mol. The molecule has 2 aromatic heterocycles. The van der Waals surface area contributed by atoms with Crippen molar-refractivity contribution in [1.29, 1.82) is 0 Å². The Kier molecular flexibility index (Phi) is 6.48. The van der Waals surface area contributed by atoms with Crippen LogP contribution in [0.2, 0.25) is 0 Å². The molecule has 1 aromatic carbocycles. The molecule has 0 aliphatic rings. The quantitative estimate of drug-likeness (QED) is 0.386. The van der Waals surface area contributed by atoms with Crippen LogP contribution in [0.1, 0.15) is 15.9 Å². The SMILES string of the molecule is COc1ncnc2sc(NC(=O)NCCNC(=O)c3ccc(F)c(C(F)(F)F)c3)nc12. The van der Waals surface area contributed by atoms with E-state index < -0.39 is 29.5 Å². The number of benzene rings is 1. The van der Waals surface area contributed by atoms with Gasteiger partial charge in [-0.1, -0.05) is 11.3 Å². The molecule has 3 N–H and O–H groups in total. The fourth-order valence-corrected chi connectivity index (χ4v) is 3.21. The standard InChI is InChI=1S/C17H14F4N6O3S/c1-30-13-11-14(25-7-24-13)31-16(26-11)27-15(29)23-5-4-22-12(28)8-2-3-10(18)9(6-8)17(19,20)21/h2-3,6-7H,4-5H2,1H3,(H,22,28)(H2,23,26,27,29). The van der Waals surface area contributed by atoms with Crippen molar-refractivity contribution in [2.24, 2.45) is 0 Å². The Morgan fingerprint density at radius 3 is 2.61 bits per heavy atom. The van der Waals surface area contributed by atoms with Gasteiger partial charge >= 0.3 is 12.2 Å². The molecule has 14 heteroatoms. The summed E-state index contributed by atoms with van der Waals surface area (Å²) in [5.74, 6) is -2.06. The summed E-state index contributed by atoms with van der Waals surface area (Å²) in [6.07, 6.45) is -3.62. The lowest BCUT2D eigenvalue weighted by atomic mass is 10.1. The maximum Gasteiger partial charge on any atom is 0.419 e. The second kappa shape index (κ2) is 9.07. The number of nitrogens with one attached hydrogen (secondary N) is 3. The number of aromatic nitrogens is 3. The van der Waals surface area contributed by atoms with E-state index >= 15 is 0 Å². The zero-order chi connectivity index (χ0) is 22.6. The molecule has 0 bridgehead atoms. The Balaban J connectivity index is 1.50. The summed E-state index contributed by atoms with van der Waals surface area (Å²) < 4.78 is 56.5. The molecule has 3 rings (SSSR count). The summed E-state index contributed by atoms with van der Waals surface area (Å²) in [5.41, 5.74) is -1.51. The van der Waals surface area contributed by atoms with Crippen molar-refractivity contribution in [3.63, 3.8) is 0 Å². The van der Waals surface area contributed by atoms with Gasteiger partial charge in [-0.2, -0.15) is 18.2 Å². The first-order valence-corrected chi connectivity index (χ1v) is 9.36. The van der Waals surface area contributed by atoms with Gasteiger partial charge in [-0.25, -0.2) is 19.2 Å². The van der Waals surface area contributed by atoms with E-state index in [4.69, 9.17) is 4.74 Å². The van der Waals surface area contributed by atoms with E-state index in [2.05, 4.69) is 30.9 Å². The predicted octanol–water partition coefficient (Wildman–Crippen LogP) is 2.80. The number of urea groups is 1. The Morgan fingerprint density at radius 1 is 1.16 bits per heavy atom. The summed E-state index contributed by atoms with van der Waals surface area (Å²) in [6.45, 7) is -0.108. The van der Waals surface area contributed by atoms with Gasteiger partial charge in [0.15, 0.2) is 15.5 Å². The van der Waals surface area contributed by atoms with Crippen LogP contribution in [0, 0.1) is 5.82 Å². The van der Waals surface area contributed by atoms with Gasteiger partial charge in [0.25, 0.3) is 5.91 Å². The van der Waals surface area contributed by atoms with Crippen molar-refractivity contribution in [3.05, 3.63) is 41.5 Å². The van der Waals surface area contributed by atoms with Gasteiger partial charge in [0.1, 0.15) is 12.1 Å². The number of hydrogen-bond acceptors (Lipinski definition) is 7. The Morgan fingerprint density at radius 2 is 1.90 bits per heavy atom. The minimum absolute atomic E-state index is 0.0289. The molecule has 31 heavy (non-hydrogen) atoms. The van der Waals surface area contributed by atoms with E-state index in [0.29, 0.717) is 22.5 Å². The number of anilines is 1. The molecule has 0 fully saturated rings. The maximum atomic E-state index is 13.3. The summed E-state index contributed by atoms with van der Waals surface area (Å²) in [4.78, 5) is 36.5. The summed E-state index contributed by atoms with van der Waals surface area (Å²) in [7, 11) is 1.42. The number of halogens is 4. The van der Waals surface area contributed by atoms with E-state index in [1.807, 2.05) is 0 Å². The molecule has 0 aliphatic heterocycles. The monoisotopic (exact) mass is 458 g/mol. The van der Waals surface area contributed by atoms with Gasteiger partial charge in [0.2, 0.25) is 5.88 Å². The number of hydrogen-bond donors (Lipinski definition) is 3. The van der Waals surface area contributed by atoms with Gasteiger partial charge in [0.05, 0.1) is 12.7 Å². The van der Waals surface area contributed by atoms with Crippen molar-refractivity contribution in [1.82, 2.24) is 25.6 Å². The average Bonchev–Trinajstić information content (AvgIpc) is 3.12. The molecule has 0 unspecified atom stereocenters. The number of rotatable bonds is 6. The van der Waals surface area contributed by atoms with Crippen LogP contribution in [-0.2, 0) is 6.18 Å². The molecule has 3 aromatic rings. The number of fused-ring (bicyclic) bond motifs is 1. The van der Waals surface area contributed by atoms with Crippen LogP contribution in [0.3, 0.4) is 0 Å². The smallest absolute Gasteiger partial charge is 0.419 e. The number of alkyl halides is 3. The molecule has 0 radical (unpaired) electrons. The molecular formula is C17H14F4N6O3S. The minimum atomic E-state index is -4.92.